The summed E-state index contributed by atoms with van der Waals surface area (Å²) in [5.41, 5.74) is 10.1. The molecule has 0 aromatic heterocycles. The van der Waals surface area contributed by atoms with Crippen LogP contribution < -0.4 is 11.5 Å². The first kappa shape index (κ1) is 11.5. The summed E-state index contributed by atoms with van der Waals surface area (Å²) in [4.78, 5) is 13.4. The molecule has 1 aliphatic rings. The molecule has 0 bridgehead atoms. The highest BCUT2D eigenvalue weighted by Gasteiger charge is 2.28. The van der Waals surface area contributed by atoms with Gasteiger partial charge in [-0.25, -0.2) is 0 Å². The Labute approximate surface area is 85.6 Å². The van der Waals surface area contributed by atoms with Gasteiger partial charge in [-0.05, 0) is 39.7 Å². The second-order valence-electron chi connectivity index (χ2n) is 4.56. The van der Waals surface area contributed by atoms with Gasteiger partial charge in [-0.3, -0.25) is 4.79 Å². The number of hydrogen-bond donors (Lipinski definition) is 2. The number of rotatable bonds is 4. The van der Waals surface area contributed by atoms with Gasteiger partial charge in [0.05, 0.1) is 5.54 Å². The minimum atomic E-state index is -0.859. The molecule has 0 spiro atoms. The third-order valence-electron chi connectivity index (χ3n) is 3.17. The quantitative estimate of drug-likeness (QED) is 0.672. The van der Waals surface area contributed by atoms with E-state index in [0.717, 1.165) is 13.1 Å². The monoisotopic (exact) mass is 199 g/mol. The molecule has 0 radical (unpaired) electrons. The van der Waals surface area contributed by atoms with Crippen LogP contribution in [0, 0.1) is 0 Å². The zero-order chi connectivity index (χ0) is 10.8. The van der Waals surface area contributed by atoms with E-state index >= 15 is 0 Å². The number of carbonyl (C=O) groups is 1. The third kappa shape index (κ3) is 2.69. The lowest BCUT2D eigenvalue weighted by Gasteiger charge is -2.26. The van der Waals surface area contributed by atoms with Crippen LogP contribution in [0.3, 0.4) is 0 Å². The van der Waals surface area contributed by atoms with Crippen molar-refractivity contribution in [1.29, 1.82) is 0 Å². The smallest absolute Gasteiger partial charge is 0.237 e. The van der Waals surface area contributed by atoms with E-state index in [1.165, 1.54) is 12.8 Å². The summed E-state index contributed by atoms with van der Waals surface area (Å²) in [7, 11) is 0. The lowest BCUT2D eigenvalue weighted by molar-refractivity contribution is -0.122. The highest BCUT2D eigenvalue weighted by Crippen LogP contribution is 2.18. The van der Waals surface area contributed by atoms with Crippen LogP contribution in [0.15, 0.2) is 0 Å². The molecule has 1 heterocycles. The van der Waals surface area contributed by atoms with Crippen LogP contribution in [0.25, 0.3) is 0 Å². The largest absolute Gasteiger partial charge is 0.368 e. The number of hydrogen-bond acceptors (Lipinski definition) is 3. The zero-order valence-corrected chi connectivity index (χ0v) is 9.12. The summed E-state index contributed by atoms with van der Waals surface area (Å²) < 4.78 is 0. The average Bonchev–Trinajstić information content (AvgIpc) is 2.47. The van der Waals surface area contributed by atoms with E-state index < -0.39 is 11.4 Å². The van der Waals surface area contributed by atoms with E-state index in [-0.39, 0.29) is 0 Å². The molecular weight excluding hydrogens is 178 g/mol. The van der Waals surface area contributed by atoms with E-state index in [1.807, 2.05) is 0 Å². The lowest BCUT2D eigenvalue weighted by atomic mass is 9.98. The molecule has 14 heavy (non-hydrogen) atoms. The number of nitrogens with two attached hydrogens (primary N) is 2. The Morgan fingerprint density at radius 3 is 2.71 bits per heavy atom. The molecule has 1 fully saturated rings. The number of nitrogens with zero attached hydrogens (tertiary/aromatic N) is 1. The van der Waals surface area contributed by atoms with Crippen molar-refractivity contribution in [2.45, 2.75) is 44.7 Å². The van der Waals surface area contributed by atoms with Gasteiger partial charge in [0.25, 0.3) is 0 Å². The maximum atomic E-state index is 11.0. The fourth-order valence-electron chi connectivity index (χ4n) is 1.82. The van der Waals surface area contributed by atoms with Crippen LogP contribution in [0.4, 0.5) is 0 Å². The van der Waals surface area contributed by atoms with Crippen molar-refractivity contribution in [2.75, 3.05) is 13.1 Å². The van der Waals surface area contributed by atoms with Crippen LogP contribution in [0.2, 0.25) is 0 Å². The SMILES string of the molecule is CC1CCCN1CCC(C)(N)C(N)=O. The topological polar surface area (TPSA) is 72.3 Å². The van der Waals surface area contributed by atoms with Gasteiger partial charge >= 0.3 is 0 Å². The van der Waals surface area contributed by atoms with Crippen LogP contribution in [0.5, 0.6) is 0 Å². The Morgan fingerprint density at radius 1 is 1.64 bits per heavy atom. The molecule has 1 aliphatic heterocycles. The Morgan fingerprint density at radius 2 is 2.29 bits per heavy atom. The molecule has 0 aliphatic carbocycles. The molecule has 1 rings (SSSR count). The fourth-order valence-corrected chi connectivity index (χ4v) is 1.82. The summed E-state index contributed by atoms with van der Waals surface area (Å²) in [6.07, 6.45) is 3.14. The molecule has 4 heteroatoms. The summed E-state index contributed by atoms with van der Waals surface area (Å²) in [6, 6.07) is 0.624. The van der Waals surface area contributed by atoms with Crippen molar-refractivity contribution < 1.29 is 4.79 Å². The van der Waals surface area contributed by atoms with Crippen molar-refractivity contribution in [2.24, 2.45) is 11.5 Å². The maximum Gasteiger partial charge on any atom is 0.237 e. The van der Waals surface area contributed by atoms with Crippen LogP contribution in [-0.4, -0.2) is 35.5 Å². The molecule has 2 atom stereocenters. The molecule has 1 saturated heterocycles. The van der Waals surface area contributed by atoms with Crippen molar-refractivity contribution in [3.63, 3.8) is 0 Å². The lowest BCUT2D eigenvalue weighted by Crippen LogP contribution is -2.51. The molecule has 0 saturated carbocycles. The summed E-state index contributed by atoms with van der Waals surface area (Å²) in [5.74, 6) is -0.413. The van der Waals surface area contributed by atoms with Gasteiger partial charge in [-0.15, -0.1) is 0 Å². The van der Waals surface area contributed by atoms with Crippen LogP contribution >= 0.6 is 0 Å². The van der Waals surface area contributed by atoms with Crippen molar-refractivity contribution >= 4 is 5.91 Å². The minimum Gasteiger partial charge on any atom is -0.368 e. The molecule has 2 unspecified atom stereocenters. The number of carbonyl (C=O) groups excluding carboxylic acids is 1. The average molecular weight is 199 g/mol. The van der Waals surface area contributed by atoms with Crippen LogP contribution in [-0.2, 0) is 4.79 Å². The number of primary amides is 1. The van der Waals surface area contributed by atoms with Gasteiger partial charge in [0, 0.05) is 12.6 Å². The maximum absolute atomic E-state index is 11.0. The Hall–Kier alpha value is -0.610. The van der Waals surface area contributed by atoms with E-state index in [4.69, 9.17) is 11.5 Å². The van der Waals surface area contributed by atoms with Crippen molar-refractivity contribution in [3.8, 4) is 0 Å². The summed E-state index contributed by atoms with van der Waals surface area (Å²) in [6.45, 7) is 5.91. The predicted octanol–water partition coefficient (Wildman–Crippen LogP) is 0.0635. The second-order valence-corrected chi connectivity index (χ2v) is 4.56. The van der Waals surface area contributed by atoms with E-state index in [0.29, 0.717) is 12.5 Å². The number of likely N-dealkylation sites (tertiary alicyclic amines) is 1. The predicted molar refractivity (Wildman–Crippen MR) is 56.7 cm³/mol. The first-order chi connectivity index (χ1) is 6.43. The molecule has 0 aromatic carbocycles. The van der Waals surface area contributed by atoms with Crippen molar-refractivity contribution in [3.05, 3.63) is 0 Å². The highest BCUT2D eigenvalue weighted by molar-refractivity contribution is 5.83. The van der Waals surface area contributed by atoms with Crippen molar-refractivity contribution in [1.82, 2.24) is 4.90 Å². The Kier molecular flexibility index (Phi) is 3.50. The van der Waals surface area contributed by atoms with E-state index in [9.17, 15) is 4.79 Å². The first-order valence-electron chi connectivity index (χ1n) is 5.26. The first-order valence-corrected chi connectivity index (χ1v) is 5.26. The van der Waals surface area contributed by atoms with Gasteiger partial charge in [-0.2, -0.15) is 0 Å². The Bertz CT molecular complexity index is 215. The van der Waals surface area contributed by atoms with Gasteiger partial charge in [0.1, 0.15) is 0 Å². The molecular formula is C10H21N3O. The molecule has 1 amide bonds. The number of amides is 1. The van der Waals surface area contributed by atoms with Gasteiger partial charge < -0.3 is 16.4 Å². The fraction of sp³-hybridized carbons (Fsp3) is 0.900. The summed E-state index contributed by atoms with van der Waals surface area (Å²) in [5, 5.41) is 0. The van der Waals surface area contributed by atoms with Gasteiger partial charge in [0.15, 0.2) is 0 Å². The standard InChI is InChI=1S/C10H21N3O/c1-8-4-3-6-13(8)7-5-10(2,12)9(11)14/h8H,3-7,12H2,1-2H3,(H2,11,14). The van der Waals surface area contributed by atoms with Gasteiger partial charge in [0.2, 0.25) is 5.91 Å². The Balaban J connectivity index is 2.36. The van der Waals surface area contributed by atoms with Gasteiger partial charge in [-0.1, -0.05) is 0 Å². The molecule has 4 N–H and O–H groups in total. The second kappa shape index (κ2) is 4.28. The molecule has 4 nitrogen and oxygen atoms in total. The van der Waals surface area contributed by atoms with E-state index in [2.05, 4.69) is 11.8 Å². The molecule has 82 valence electrons. The van der Waals surface area contributed by atoms with E-state index in [1.54, 1.807) is 6.92 Å². The summed E-state index contributed by atoms with van der Waals surface area (Å²) >= 11 is 0. The van der Waals surface area contributed by atoms with Crippen LogP contribution in [0.1, 0.15) is 33.1 Å². The normalized spacial score (nSPS) is 27.5. The molecule has 0 aromatic rings. The highest BCUT2D eigenvalue weighted by atomic mass is 16.1. The minimum absolute atomic E-state index is 0.413. The third-order valence-corrected chi connectivity index (χ3v) is 3.17. The zero-order valence-electron chi connectivity index (χ0n) is 9.12.